The fourth-order valence-electron chi connectivity index (χ4n) is 7.15. The lowest BCUT2D eigenvalue weighted by Gasteiger charge is -2.33. The van der Waals surface area contributed by atoms with Crippen LogP contribution < -0.4 is 21.0 Å². The molecule has 13 heteroatoms. The molecule has 2 aromatic carbocycles. The summed E-state index contributed by atoms with van der Waals surface area (Å²) in [5.41, 5.74) is 6.09. The average Bonchev–Trinajstić information content (AvgIpc) is 3.88. The molecule has 2 atom stereocenters. The highest BCUT2D eigenvalue weighted by Crippen LogP contribution is 2.37. The molecule has 2 aliphatic heterocycles. The Bertz CT molecular complexity index is 1920. The first-order valence-corrected chi connectivity index (χ1v) is 16.9. The predicted octanol–water partition coefficient (Wildman–Crippen LogP) is 5.82. The van der Waals surface area contributed by atoms with Crippen LogP contribution in [0.4, 0.5) is 22.0 Å². The molecule has 2 saturated heterocycles. The third kappa shape index (κ3) is 6.59. The minimum Gasteiger partial charge on any atom is -0.381 e. The van der Waals surface area contributed by atoms with Crippen LogP contribution in [-0.4, -0.2) is 74.9 Å². The van der Waals surface area contributed by atoms with Crippen molar-refractivity contribution in [1.29, 1.82) is 0 Å². The molecule has 2 bridgehead atoms. The van der Waals surface area contributed by atoms with Crippen molar-refractivity contribution in [1.82, 2.24) is 24.4 Å². The van der Waals surface area contributed by atoms with Crippen molar-refractivity contribution in [3.05, 3.63) is 84.8 Å². The molecule has 8 rings (SSSR count). The van der Waals surface area contributed by atoms with Gasteiger partial charge in [-0.1, -0.05) is 0 Å². The Morgan fingerprint density at radius 2 is 1.49 bits per heavy atom. The van der Waals surface area contributed by atoms with Crippen LogP contribution in [0.3, 0.4) is 0 Å². The maximum atomic E-state index is 12.8. The Labute approximate surface area is 283 Å². The van der Waals surface area contributed by atoms with Gasteiger partial charge in [0, 0.05) is 55.1 Å². The highest BCUT2D eigenvalue weighted by Gasteiger charge is 2.36. The maximum absolute atomic E-state index is 12.8. The number of carbonyl (C=O) groups excluding carboxylic acids is 2. The second kappa shape index (κ2) is 13.3. The lowest BCUT2D eigenvalue weighted by Crippen LogP contribution is -2.43. The lowest BCUT2D eigenvalue weighted by atomic mass is 9.93. The number of hydrogen-bond donors (Lipinski definition) is 3. The smallest absolute Gasteiger partial charge is 0.323 e. The zero-order valence-electron chi connectivity index (χ0n) is 27.3. The van der Waals surface area contributed by atoms with E-state index in [4.69, 9.17) is 24.5 Å². The number of aromatic nitrogens is 5. The zero-order chi connectivity index (χ0) is 33.3. The number of anilines is 3. The number of methoxy groups -OCH3 is 1. The summed E-state index contributed by atoms with van der Waals surface area (Å²) >= 11 is 0. The Kier molecular flexibility index (Phi) is 8.44. The van der Waals surface area contributed by atoms with E-state index in [0.29, 0.717) is 28.9 Å². The molecule has 0 spiro atoms. The van der Waals surface area contributed by atoms with Crippen molar-refractivity contribution < 1.29 is 19.1 Å². The molecule has 3 aliphatic rings. The van der Waals surface area contributed by atoms with Crippen LogP contribution >= 0.6 is 0 Å². The van der Waals surface area contributed by atoms with Crippen molar-refractivity contribution in [2.24, 2.45) is 0 Å². The second-order valence-electron chi connectivity index (χ2n) is 13.0. The molecule has 3 N–H and O–H groups in total. The summed E-state index contributed by atoms with van der Waals surface area (Å²) in [5.74, 6) is 1.26. The largest absolute Gasteiger partial charge is 0.381 e. The van der Waals surface area contributed by atoms with Gasteiger partial charge < -0.3 is 25.0 Å². The number of hydrogen-bond acceptors (Lipinski definition) is 8. The fourth-order valence-corrected chi connectivity index (χ4v) is 7.15. The topological polar surface area (TPSA) is 140 Å². The Balaban J connectivity index is 0.991. The van der Waals surface area contributed by atoms with E-state index in [9.17, 15) is 9.59 Å². The molecule has 252 valence electrons. The van der Waals surface area contributed by atoms with Gasteiger partial charge in [0.15, 0.2) is 11.5 Å². The summed E-state index contributed by atoms with van der Waals surface area (Å²) in [6, 6.07) is 17.7. The Morgan fingerprint density at radius 3 is 2.14 bits per heavy atom. The third-order valence-corrected chi connectivity index (χ3v) is 9.74. The molecule has 5 heterocycles. The summed E-state index contributed by atoms with van der Waals surface area (Å²) in [4.78, 5) is 37.8. The first-order chi connectivity index (χ1) is 24.0. The minimum atomic E-state index is -0.397. The number of fused-ring (bicyclic) bond motifs is 3. The molecular formula is C36H39N9O4. The normalized spacial score (nSPS) is 21.9. The number of morpholine rings is 1. The number of rotatable bonds is 8. The van der Waals surface area contributed by atoms with Crippen LogP contribution in [0.1, 0.15) is 54.9 Å². The van der Waals surface area contributed by atoms with Gasteiger partial charge in [0.05, 0.1) is 35.9 Å². The summed E-state index contributed by atoms with van der Waals surface area (Å²) in [6.07, 6.45) is 12.3. The molecule has 49 heavy (non-hydrogen) atoms. The van der Waals surface area contributed by atoms with Gasteiger partial charge in [0.2, 0.25) is 0 Å². The van der Waals surface area contributed by atoms with E-state index in [0.717, 1.165) is 74.0 Å². The zero-order valence-corrected chi connectivity index (χ0v) is 27.3. The molecule has 3 amide bonds. The Morgan fingerprint density at radius 1 is 0.837 bits per heavy atom. The van der Waals surface area contributed by atoms with E-state index in [-0.39, 0.29) is 24.2 Å². The molecule has 1 aliphatic carbocycles. The molecule has 13 nitrogen and oxygen atoms in total. The van der Waals surface area contributed by atoms with Gasteiger partial charge in [-0.3, -0.25) is 14.9 Å². The van der Waals surface area contributed by atoms with Gasteiger partial charge in [0.1, 0.15) is 5.82 Å². The number of benzene rings is 2. The van der Waals surface area contributed by atoms with Crippen LogP contribution in [0.25, 0.3) is 22.4 Å². The van der Waals surface area contributed by atoms with Crippen molar-refractivity contribution in [3.63, 3.8) is 0 Å². The average molecular weight is 662 g/mol. The summed E-state index contributed by atoms with van der Waals surface area (Å²) in [5, 5.41) is 11.5. The van der Waals surface area contributed by atoms with Gasteiger partial charge in [0.25, 0.3) is 5.91 Å². The van der Waals surface area contributed by atoms with Crippen molar-refractivity contribution >= 4 is 40.2 Å². The van der Waals surface area contributed by atoms with E-state index in [1.54, 1.807) is 48.4 Å². The van der Waals surface area contributed by atoms with Crippen molar-refractivity contribution in [2.75, 3.05) is 41.2 Å². The summed E-state index contributed by atoms with van der Waals surface area (Å²) < 4.78 is 15.4. The molecule has 3 fully saturated rings. The number of carbonyl (C=O) groups is 2. The molecule has 0 radical (unpaired) electrons. The number of nitrogens with one attached hydrogen (secondary N) is 3. The fraction of sp³-hybridized carbons (Fsp3) is 0.361. The molecular weight excluding hydrogens is 622 g/mol. The standard InChI is InChI=1S/C36H39N9O4/c1-48-28-14-12-27(13-15-28)45-34-31(20-37-45)33(43-21-29-16-17-30(22-43)49-29)40-32(41-34)23-4-8-25(9-5-23)38-36(47)39-26-10-6-24(7-11-26)35(46)42-44-18-2-3-19-44/h2-11,18-20,27-30H,12-17,21-22H2,1H3,(H,42,46)(H2,38,39,47). The number of ether oxygens (including phenoxy) is 2. The van der Waals surface area contributed by atoms with Crippen molar-refractivity contribution in [2.45, 2.75) is 62.9 Å². The van der Waals surface area contributed by atoms with E-state index >= 15 is 0 Å². The number of urea groups is 1. The third-order valence-electron chi connectivity index (χ3n) is 9.74. The molecule has 1 saturated carbocycles. The summed E-state index contributed by atoms with van der Waals surface area (Å²) in [6.45, 7) is 1.60. The van der Waals surface area contributed by atoms with E-state index < -0.39 is 6.03 Å². The second-order valence-corrected chi connectivity index (χ2v) is 13.0. The van der Waals surface area contributed by atoms with Gasteiger partial charge in [-0.05, 0) is 99.2 Å². The van der Waals surface area contributed by atoms with Gasteiger partial charge in [-0.2, -0.15) is 5.10 Å². The minimum absolute atomic E-state index is 0.218. The first kappa shape index (κ1) is 31.0. The first-order valence-electron chi connectivity index (χ1n) is 16.9. The van der Waals surface area contributed by atoms with E-state index in [1.165, 1.54) is 0 Å². The van der Waals surface area contributed by atoms with Crippen LogP contribution in [0.5, 0.6) is 0 Å². The van der Waals surface area contributed by atoms with Gasteiger partial charge in [-0.15, -0.1) is 0 Å². The molecule has 5 aromatic rings. The predicted molar refractivity (Wildman–Crippen MR) is 186 cm³/mol. The quantitative estimate of drug-likeness (QED) is 0.189. The maximum Gasteiger partial charge on any atom is 0.323 e. The van der Waals surface area contributed by atoms with Crippen LogP contribution in [0.2, 0.25) is 0 Å². The highest BCUT2D eigenvalue weighted by molar-refractivity contribution is 6.02. The number of amides is 3. The molecule has 2 unspecified atom stereocenters. The van der Waals surface area contributed by atoms with Gasteiger partial charge >= 0.3 is 6.03 Å². The Hall–Kier alpha value is -5.27. The number of nitrogens with zero attached hydrogens (tertiary/aromatic N) is 6. The van der Waals surface area contributed by atoms with Crippen LogP contribution in [0, 0.1) is 0 Å². The SMILES string of the molecule is COC1CCC(n2ncc3c(N4CC5CCC(C4)O5)nc(-c4ccc(NC(=O)Nc5ccc(C(=O)Nn6cccc6)cc5)cc4)nc32)CC1. The monoisotopic (exact) mass is 661 g/mol. The van der Waals surface area contributed by atoms with Gasteiger partial charge in [-0.25, -0.2) is 19.4 Å². The van der Waals surface area contributed by atoms with E-state index in [2.05, 4.69) is 25.6 Å². The summed E-state index contributed by atoms with van der Waals surface area (Å²) in [7, 11) is 1.79. The lowest BCUT2D eigenvalue weighted by molar-refractivity contribution is 0.0303. The van der Waals surface area contributed by atoms with E-state index in [1.807, 2.05) is 42.6 Å². The highest BCUT2D eigenvalue weighted by atomic mass is 16.5. The van der Waals surface area contributed by atoms with Crippen LogP contribution in [-0.2, 0) is 9.47 Å². The van der Waals surface area contributed by atoms with Crippen molar-refractivity contribution in [3.8, 4) is 11.4 Å². The molecule has 3 aromatic heterocycles. The van der Waals surface area contributed by atoms with Crippen LogP contribution in [0.15, 0.2) is 79.3 Å².